The van der Waals surface area contributed by atoms with Crippen molar-refractivity contribution < 1.29 is 23.0 Å². The van der Waals surface area contributed by atoms with Crippen molar-refractivity contribution in [3.63, 3.8) is 0 Å². The summed E-state index contributed by atoms with van der Waals surface area (Å²) in [5, 5.41) is 11.2. The highest BCUT2D eigenvalue weighted by Gasteiger charge is 2.11. The fraction of sp³-hybridized carbons (Fsp3) is 0.200. The van der Waals surface area contributed by atoms with Gasteiger partial charge in [-0.25, -0.2) is 8.78 Å². The Morgan fingerprint density at radius 1 is 1.22 bits per heavy atom. The van der Waals surface area contributed by atoms with E-state index in [1.165, 1.54) is 19.3 Å². The zero-order chi connectivity index (χ0) is 19.8. The Hall–Kier alpha value is -3.40. The molecule has 0 heterocycles. The second-order valence-electron chi connectivity index (χ2n) is 5.59. The van der Waals surface area contributed by atoms with Gasteiger partial charge in [-0.2, -0.15) is 5.26 Å². The average molecular weight is 372 g/mol. The van der Waals surface area contributed by atoms with Gasteiger partial charge in [0.05, 0.1) is 13.2 Å². The van der Waals surface area contributed by atoms with Crippen molar-refractivity contribution in [2.24, 2.45) is 0 Å². The number of hydrogen-bond acceptors (Lipinski definition) is 4. The molecule has 2 aromatic rings. The molecule has 2 aromatic carbocycles. The predicted molar refractivity (Wildman–Crippen MR) is 96.1 cm³/mol. The maximum atomic E-state index is 13.3. The van der Waals surface area contributed by atoms with Crippen LogP contribution in [0.2, 0.25) is 0 Å². The van der Waals surface area contributed by atoms with Gasteiger partial charge in [-0.1, -0.05) is 12.1 Å². The van der Waals surface area contributed by atoms with Crippen molar-refractivity contribution in [1.29, 1.82) is 5.26 Å². The molecule has 2 rings (SSSR count). The van der Waals surface area contributed by atoms with Crippen LogP contribution in [0.3, 0.4) is 0 Å². The van der Waals surface area contributed by atoms with Crippen LogP contribution in [0.1, 0.15) is 24.1 Å². The van der Waals surface area contributed by atoms with E-state index in [1.807, 2.05) is 6.07 Å². The molecule has 140 valence electrons. The number of nitrogens with one attached hydrogen (secondary N) is 1. The molecule has 0 spiro atoms. The molecule has 5 nitrogen and oxygen atoms in total. The van der Waals surface area contributed by atoms with Gasteiger partial charge in [0.1, 0.15) is 6.07 Å². The Morgan fingerprint density at radius 2 is 2.00 bits per heavy atom. The summed E-state index contributed by atoms with van der Waals surface area (Å²) in [6, 6.07) is 9.87. The lowest BCUT2D eigenvalue weighted by Gasteiger charge is -2.13. The van der Waals surface area contributed by atoms with E-state index in [0.717, 1.165) is 12.1 Å². The summed E-state index contributed by atoms with van der Waals surface area (Å²) in [6.07, 6.45) is 2.89. The van der Waals surface area contributed by atoms with Gasteiger partial charge in [-0.3, -0.25) is 4.79 Å². The summed E-state index contributed by atoms with van der Waals surface area (Å²) in [4.78, 5) is 12.1. The van der Waals surface area contributed by atoms with Crippen molar-refractivity contribution in [1.82, 2.24) is 5.32 Å². The normalized spacial score (nSPS) is 11.7. The van der Waals surface area contributed by atoms with Gasteiger partial charge in [-0.15, -0.1) is 0 Å². The van der Waals surface area contributed by atoms with Crippen LogP contribution in [0.15, 0.2) is 42.5 Å². The van der Waals surface area contributed by atoms with E-state index in [4.69, 9.17) is 14.7 Å². The van der Waals surface area contributed by atoms with Crippen LogP contribution in [0.5, 0.6) is 11.5 Å². The number of carbonyl (C=O) groups is 1. The molecule has 0 saturated carbocycles. The van der Waals surface area contributed by atoms with Crippen LogP contribution < -0.4 is 14.8 Å². The average Bonchev–Trinajstić information content (AvgIpc) is 2.67. The summed E-state index contributed by atoms with van der Waals surface area (Å²) >= 11 is 0. The first-order chi connectivity index (χ1) is 12.9. The number of rotatable bonds is 7. The largest absolute Gasteiger partial charge is 0.493 e. The topological polar surface area (TPSA) is 71.3 Å². The Labute approximate surface area is 155 Å². The van der Waals surface area contributed by atoms with Gasteiger partial charge in [0.2, 0.25) is 5.91 Å². The monoisotopic (exact) mass is 372 g/mol. The summed E-state index contributed by atoms with van der Waals surface area (Å²) in [7, 11) is 1.47. The first-order valence-corrected chi connectivity index (χ1v) is 8.06. The molecule has 1 amide bonds. The minimum atomic E-state index is -0.963. The molecule has 0 aliphatic carbocycles. The van der Waals surface area contributed by atoms with Crippen molar-refractivity contribution in [3.05, 3.63) is 65.2 Å². The van der Waals surface area contributed by atoms with E-state index >= 15 is 0 Å². The number of halogens is 2. The quantitative estimate of drug-likeness (QED) is 0.751. The van der Waals surface area contributed by atoms with Crippen molar-refractivity contribution in [2.75, 3.05) is 13.7 Å². The lowest BCUT2D eigenvalue weighted by molar-refractivity contribution is -0.117. The molecule has 0 aliphatic heterocycles. The summed E-state index contributed by atoms with van der Waals surface area (Å²) in [5.74, 6) is -1.44. The highest BCUT2D eigenvalue weighted by atomic mass is 19.2. The third kappa shape index (κ3) is 5.54. The molecule has 1 atom stereocenters. The number of hydrogen-bond donors (Lipinski definition) is 1. The number of amides is 1. The summed E-state index contributed by atoms with van der Waals surface area (Å²) in [6.45, 7) is 1.57. The molecule has 0 saturated heterocycles. The number of carbonyl (C=O) groups excluding carboxylic acids is 1. The van der Waals surface area contributed by atoms with Gasteiger partial charge >= 0.3 is 0 Å². The first-order valence-electron chi connectivity index (χ1n) is 8.06. The van der Waals surface area contributed by atoms with Gasteiger partial charge in [-0.05, 0) is 48.4 Å². The molecular formula is C20H18F2N2O3. The molecule has 0 aliphatic rings. The van der Waals surface area contributed by atoms with E-state index in [2.05, 4.69) is 5.32 Å². The van der Waals surface area contributed by atoms with Crippen LogP contribution in [0.25, 0.3) is 6.08 Å². The fourth-order valence-electron chi connectivity index (χ4n) is 2.32. The Morgan fingerprint density at radius 3 is 2.67 bits per heavy atom. The van der Waals surface area contributed by atoms with Crippen molar-refractivity contribution in [2.45, 2.75) is 13.0 Å². The molecule has 1 N–H and O–H groups in total. The molecule has 0 bridgehead atoms. The van der Waals surface area contributed by atoms with Gasteiger partial charge < -0.3 is 14.8 Å². The smallest absolute Gasteiger partial charge is 0.244 e. The predicted octanol–water partition coefficient (Wildman–Crippen LogP) is 3.77. The SMILES string of the molecule is COc1cc(/C=C/C(=O)NC(C)c2ccc(F)c(F)c2)ccc1OCC#N. The lowest BCUT2D eigenvalue weighted by Crippen LogP contribution is -2.24. The zero-order valence-electron chi connectivity index (χ0n) is 14.8. The minimum Gasteiger partial charge on any atom is -0.493 e. The Balaban J connectivity index is 2.03. The summed E-state index contributed by atoms with van der Waals surface area (Å²) < 4.78 is 36.7. The van der Waals surface area contributed by atoms with Crippen LogP contribution >= 0.6 is 0 Å². The maximum Gasteiger partial charge on any atom is 0.244 e. The third-order valence-corrected chi connectivity index (χ3v) is 3.71. The first kappa shape index (κ1) is 19.9. The number of ether oxygens (including phenoxy) is 2. The highest BCUT2D eigenvalue weighted by Crippen LogP contribution is 2.28. The van der Waals surface area contributed by atoms with Crippen molar-refractivity contribution in [3.8, 4) is 17.6 Å². The van der Waals surface area contributed by atoms with Crippen LogP contribution in [-0.2, 0) is 4.79 Å². The number of benzene rings is 2. The molecular weight excluding hydrogens is 354 g/mol. The molecule has 0 radical (unpaired) electrons. The van der Waals surface area contributed by atoms with Crippen LogP contribution in [0, 0.1) is 23.0 Å². The Bertz CT molecular complexity index is 891. The number of nitrogens with zero attached hydrogens (tertiary/aromatic N) is 1. The third-order valence-electron chi connectivity index (χ3n) is 3.71. The van der Waals surface area contributed by atoms with Gasteiger partial charge in [0, 0.05) is 6.08 Å². The van der Waals surface area contributed by atoms with Gasteiger partial charge in [0.15, 0.2) is 29.7 Å². The van der Waals surface area contributed by atoms with E-state index in [9.17, 15) is 13.6 Å². The second kappa shape index (κ2) is 9.34. The molecule has 27 heavy (non-hydrogen) atoms. The van der Waals surface area contributed by atoms with E-state index in [1.54, 1.807) is 31.2 Å². The molecule has 0 aromatic heterocycles. The van der Waals surface area contributed by atoms with E-state index in [0.29, 0.717) is 22.6 Å². The maximum absolute atomic E-state index is 13.3. The Kier molecular flexibility index (Phi) is 6.89. The molecule has 7 heteroatoms. The molecule has 0 fully saturated rings. The minimum absolute atomic E-state index is 0.101. The second-order valence-corrected chi connectivity index (χ2v) is 5.59. The molecule has 1 unspecified atom stereocenters. The number of nitriles is 1. The van der Waals surface area contributed by atoms with Crippen LogP contribution in [-0.4, -0.2) is 19.6 Å². The van der Waals surface area contributed by atoms with Crippen molar-refractivity contribution >= 4 is 12.0 Å². The fourth-order valence-corrected chi connectivity index (χ4v) is 2.32. The summed E-state index contributed by atoms with van der Waals surface area (Å²) in [5.41, 5.74) is 1.14. The van der Waals surface area contributed by atoms with Gasteiger partial charge in [0.25, 0.3) is 0 Å². The van der Waals surface area contributed by atoms with E-state index < -0.39 is 23.6 Å². The highest BCUT2D eigenvalue weighted by molar-refractivity contribution is 5.92. The lowest BCUT2D eigenvalue weighted by atomic mass is 10.1. The van der Waals surface area contributed by atoms with E-state index in [-0.39, 0.29) is 6.61 Å². The number of methoxy groups -OCH3 is 1. The van der Waals surface area contributed by atoms with Crippen LogP contribution in [0.4, 0.5) is 8.78 Å². The zero-order valence-corrected chi connectivity index (χ0v) is 14.8. The standard InChI is InChI=1S/C20H18F2N2O3/c1-13(15-5-6-16(21)17(22)12-15)24-20(25)8-4-14-3-7-18(27-10-9-23)19(11-14)26-2/h3-8,11-13H,10H2,1-2H3,(H,24,25)/b8-4+.